The topological polar surface area (TPSA) is 80.4 Å². The maximum atomic E-state index is 12.4. The summed E-state index contributed by atoms with van der Waals surface area (Å²) in [6, 6.07) is 0. The second kappa shape index (κ2) is 8.20. The molecule has 3 rings (SSSR count). The van der Waals surface area contributed by atoms with Crippen molar-refractivity contribution in [2.75, 3.05) is 25.0 Å². The van der Waals surface area contributed by atoms with Gasteiger partial charge in [-0.05, 0) is 51.1 Å². The predicted molar refractivity (Wildman–Crippen MR) is 114 cm³/mol. The van der Waals surface area contributed by atoms with Gasteiger partial charge >= 0.3 is 0 Å². The molecule has 0 saturated carbocycles. The lowest BCUT2D eigenvalue weighted by molar-refractivity contribution is -0.115. The number of aliphatic hydroxyl groups is 1. The van der Waals surface area contributed by atoms with Crippen molar-refractivity contribution < 1.29 is 9.90 Å². The molecule has 6 nitrogen and oxygen atoms in total. The van der Waals surface area contributed by atoms with E-state index in [9.17, 15) is 9.90 Å². The molecular formula is C22H30N4O2. The highest BCUT2D eigenvalue weighted by Crippen LogP contribution is 2.33. The number of amides is 1. The molecule has 1 unspecified atom stereocenters. The van der Waals surface area contributed by atoms with Crippen LogP contribution in [0.5, 0.6) is 0 Å². The number of aromatic nitrogens is 1. The zero-order valence-electron chi connectivity index (χ0n) is 17.1. The molecule has 1 aromatic rings. The Hall–Kier alpha value is -2.57. The number of H-pyrrole nitrogens is 1. The van der Waals surface area contributed by atoms with Crippen molar-refractivity contribution in [2.45, 2.75) is 40.2 Å². The van der Waals surface area contributed by atoms with E-state index in [-0.39, 0.29) is 5.91 Å². The molecule has 28 heavy (non-hydrogen) atoms. The average molecular weight is 383 g/mol. The molecule has 1 amide bonds. The Morgan fingerprint density at radius 1 is 1.39 bits per heavy atom. The summed E-state index contributed by atoms with van der Waals surface area (Å²) in [6.07, 6.45) is 5.48. The molecule has 0 bridgehead atoms. The summed E-state index contributed by atoms with van der Waals surface area (Å²) in [6.45, 7) is 15.2. The van der Waals surface area contributed by atoms with E-state index in [1.165, 1.54) is 0 Å². The fraction of sp³-hybridized carbons (Fsp3) is 0.409. The molecule has 1 aliphatic carbocycles. The normalized spacial score (nSPS) is 20.1. The summed E-state index contributed by atoms with van der Waals surface area (Å²) in [5.41, 5.74) is 7.08. The van der Waals surface area contributed by atoms with E-state index in [4.69, 9.17) is 0 Å². The fourth-order valence-corrected chi connectivity index (χ4v) is 3.70. The highest BCUT2D eigenvalue weighted by Gasteiger charge is 2.30. The van der Waals surface area contributed by atoms with Gasteiger partial charge in [0, 0.05) is 34.9 Å². The number of nitrogens with one attached hydrogen (secondary N) is 3. The minimum Gasteiger partial charge on any atom is -0.389 e. The van der Waals surface area contributed by atoms with Crippen LogP contribution < -0.4 is 10.6 Å². The van der Waals surface area contributed by atoms with E-state index in [1.54, 1.807) is 6.08 Å². The molecule has 2 heterocycles. The Morgan fingerprint density at radius 3 is 2.79 bits per heavy atom. The molecule has 1 fully saturated rings. The third-order valence-electron chi connectivity index (χ3n) is 5.37. The zero-order valence-corrected chi connectivity index (χ0v) is 17.1. The second-order valence-electron chi connectivity index (χ2n) is 7.37. The number of carbonyl (C=O) groups excluding carboxylic acids is 1. The van der Waals surface area contributed by atoms with Crippen LogP contribution in [0, 0.1) is 13.8 Å². The molecule has 1 aromatic heterocycles. The van der Waals surface area contributed by atoms with Crippen LogP contribution in [0.3, 0.4) is 0 Å². The van der Waals surface area contributed by atoms with Crippen molar-refractivity contribution >= 4 is 17.7 Å². The molecule has 4 N–H and O–H groups in total. The van der Waals surface area contributed by atoms with Crippen molar-refractivity contribution in [2.24, 2.45) is 0 Å². The second-order valence-corrected chi connectivity index (χ2v) is 7.37. The number of aliphatic hydroxyl groups excluding tert-OH is 1. The maximum Gasteiger partial charge on any atom is 0.256 e. The van der Waals surface area contributed by atoms with Crippen LogP contribution in [0.2, 0.25) is 0 Å². The van der Waals surface area contributed by atoms with E-state index in [0.29, 0.717) is 17.7 Å². The Bertz CT molecular complexity index is 885. The van der Waals surface area contributed by atoms with Gasteiger partial charge in [0.2, 0.25) is 0 Å². The number of hydrogen-bond donors (Lipinski definition) is 4. The first kappa shape index (κ1) is 20.2. The number of anilines is 1. The highest BCUT2D eigenvalue weighted by atomic mass is 16.3. The molecule has 0 radical (unpaired) electrons. The molecular weight excluding hydrogens is 352 g/mol. The van der Waals surface area contributed by atoms with Crippen LogP contribution in [0.15, 0.2) is 41.3 Å². The minimum absolute atomic E-state index is 0.140. The third kappa shape index (κ3) is 3.98. The molecule has 150 valence electrons. The van der Waals surface area contributed by atoms with Gasteiger partial charge in [-0.15, -0.1) is 0 Å². The SMILES string of the molecule is C=C(CN(CC)CC)Nc1c(C)[nH]c(/C=C2\C(=O)NC3=CC(O)CC=C32)c1C. The van der Waals surface area contributed by atoms with Gasteiger partial charge in [-0.3, -0.25) is 9.69 Å². The summed E-state index contributed by atoms with van der Waals surface area (Å²) in [5.74, 6) is -0.140. The standard InChI is InChI=1S/C22H30N4O2/c1-6-26(7-2)12-13(3)23-21-14(4)19(24-15(21)5)11-18-17-9-8-16(27)10-20(17)25-22(18)28/h9-11,16,23-24,27H,3,6-8,12H2,1-2,4-5H3,(H,25,28)/b18-11-. The van der Waals surface area contributed by atoms with Gasteiger partial charge < -0.3 is 20.7 Å². The first-order valence-corrected chi connectivity index (χ1v) is 9.84. The summed E-state index contributed by atoms with van der Waals surface area (Å²) in [7, 11) is 0. The van der Waals surface area contributed by atoms with E-state index in [2.05, 4.69) is 40.9 Å². The molecule has 6 heteroatoms. The smallest absolute Gasteiger partial charge is 0.256 e. The summed E-state index contributed by atoms with van der Waals surface area (Å²) >= 11 is 0. The number of aryl methyl sites for hydroxylation is 1. The van der Waals surface area contributed by atoms with Gasteiger partial charge in [0.05, 0.1) is 17.4 Å². The Balaban J connectivity index is 1.84. The Labute approximate surface area is 166 Å². The van der Waals surface area contributed by atoms with Gasteiger partial charge in [0.25, 0.3) is 5.91 Å². The number of nitrogens with zero attached hydrogens (tertiary/aromatic N) is 1. The molecule has 1 atom stereocenters. The summed E-state index contributed by atoms with van der Waals surface area (Å²) < 4.78 is 0. The summed E-state index contributed by atoms with van der Waals surface area (Å²) in [4.78, 5) is 18.1. The van der Waals surface area contributed by atoms with E-state index < -0.39 is 6.10 Å². The van der Waals surface area contributed by atoms with Gasteiger partial charge in [0.1, 0.15) is 0 Å². The monoisotopic (exact) mass is 382 g/mol. The predicted octanol–water partition coefficient (Wildman–Crippen LogP) is 2.99. The van der Waals surface area contributed by atoms with Crippen LogP contribution in [0.25, 0.3) is 6.08 Å². The molecule has 1 saturated heterocycles. The maximum absolute atomic E-state index is 12.4. The number of fused-ring (bicyclic) bond motifs is 1. The number of allylic oxidation sites excluding steroid dienone is 1. The Kier molecular flexibility index (Phi) is 5.91. The first-order valence-electron chi connectivity index (χ1n) is 9.84. The third-order valence-corrected chi connectivity index (χ3v) is 5.37. The van der Waals surface area contributed by atoms with E-state index >= 15 is 0 Å². The lowest BCUT2D eigenvalue weighted by atomic mass is 9.97. The highest BCUT2D eigenvalue weighted by molar-refractivity contribution is 6.09. The van der Waals surface area contributed by atoms with Gasteiger partial charge in [-0.25, -0.2) is 0 Å². The quantitative estimate of drug-likeness (QED) is 0.547. The number of hydrogen-bond acceptors (Lipinski definition) is 4. The number of carbonyl (C=O) groups is 1. The van der Waals surface area contributed by atoms with Crippen molar-refractivity contribution in [3.05, 3.63) is 58.2 Å². The first-order chi connectivity index (χ1) is 13.3. The van der Waals surface area contributed by atoms with Gasteiger partial charge in [0.15, 0.2) is 0 Å². The number of likely N-dealkylation sites (N-methyl/N-ethyl adjacent to an activating group) is 1. The van der Waals surface area contributed by atoms with Crippen LogP contribution in [-0.2, 0) is 4.79 Å². The minimum atomic E-state index is -0.541. The largest absolute Gasteiger partial charge is 0.389 e. The number of aromatic amines is 1. The molecule has 2 aliphatic rings. The van der Waals surface area contributed by atoms with Crippen LogP contribution in [0.4, 0.5) is 5.69 Å². The van der Waals surface area contributed by atoms with Crippen molar-refractivity contribution in [1.82, 2.24) is 15.2 Å². The van der Waals surface area contributed by atoms with Crippen LogP contribution >= 0.6 is 0 Å². The summed E-state index contributed by atoms with van der Waals surface area (Å²) in [5, 5.41) is 16.0. The zero-order chi connectivity index (χ0) is 20.4. The van der Waals surface area contributed by atoms with Crippen LogP contribution in [-0.4, -0.2) is 46.6 Å². The van der Waals surface area contributed by atoms with E-state index in [1.807, 2.05) is 26.0 Å². The molecule has 0 spiro atoms. The molecule has 1 aliphatic heterocycles. The van der Waals surface area contributed by atoms with Gasteiger partial charge in [-0.1, -0.05) is 26.5 Å². The average Bonchev–Trinajstić information content (AvgIpc) is 3.10. The lowest BCUT2D eigenvalue weighted by Gasteiger charge is -2.20. The lowest BCUT2D eigenvalue weighted by Crippen LogP contribution is -2.27. The Morgan fingerprint density at radius 2 is 2.11 bits per heavy atom. The molecule has 0 aromatic carbocycles. The van der Waals surface area contributed by atoms with Crippen molar-refractivity contribution in [3.63, 3.8) is 0 Å². The number of rotatable bonds is 7. The van der Waals surface area contributed by atoms with Gasteiger partial charge in [-0.2, -0.15) is 0 Å². The van der Waals surface area contributed by atoms with Crippen molar-refractivity contribution in [3.8, 4) is 0 Å². The van der Waals surface area contributed by atoms with Crippen LogP contribution in [0.1, 0.15) is 37.2 Å². The van der Waals surface area contributed by atoms with E-state index in [0.717, 1.165) is 53.5 Å². The van der Waals surface area contributed by atoms with Crippen molar-refractivity contribution in [1.29, 1.82) is 0 Å². The fourth-order valence-electron chi connectivity index (χ4n) is 3.70.